The minimum absolute atomic E-state index is 0.223. The number of hydrogen-bond donors (Lipinski definition) is 3. The minimum atomic E-state index is -1.23. The van der Waals surface area contributed by atoms with Gasteiger partial charge in [-0.1, -0.05) is 19.9 Å². The molecule has 1 aromatic rings. The van der Waals surface area contributed by atoms with Gasteiger partial charge in [-0.3, -0.25) is 19.4 Å². The van der Waals surface area contributed by atoms with Crippen LogP contribution in [0.25, 0.3) is 0 Å². The van der Waals surface area contributed by atoms with Crippen LogP contribution in [0.2, 0.25) is 0 Å². The lowest BCUT2D eigenvalue weighted by atomic mass is 10.0. The van der Waals surface area contributed by atoms with E-state index in [9.17, 15) is 19.5 Å². The molecule has 3 N–H and O–H groups in total. The van der Waals surface area contributed by atoms with E-state index in [1.54, 1.807) is 26.1 Å². The second-order valence-corrected chi connectivity index (χ2v) is 7.03. The third-order valence-corrected chi connectivity index (χ3v) is 4.86. The van der Waals surface area contributed by atoms with E-state index < -0.39 is 30.1 Å². The number of anilines is 1. The molecule has 2 heterocycles. The molecule has 27 heavy (non-hydrogen) atoms. The molecule has 9 nitrogen and oxygen atoms in total. The predicted octanol–water partition coefficient (Wildman–Crippen LogP) is 0.471. The lowest BCUT2D eigenvalue weighted by molar-refractivity contribution is -0.131. The molecule has 0 radical (unpaired) electrons. The van der Waals surface area contributed by atoms with Gasteiger partial charge in [-0.25, -0.2) is 9.78 Å². The monoisotopic (exact) mass is 378 g/mol. The van der Waals surface area contributed by atoms with Crippen molar-refractivity contribution in [2.45, 2.75) is 45.3 Å². The van der Waals surface area contributed by atoms with Crippen molar-refractivity contribution in [1.82, 2.24) is 15.2 Å². The van der Waals surface area contributed by atoms with E-state index in [1.807, 2.05) is 6.07 Å². The van der Waals surface area contributed by atoms with Gasteiger partial charge in [0.25, 0.3) is 5.91 Å². The number of carbonyl (C=O) groups excluding carboxylic acids is 2. The van der Waals surface area contributed by atoms with Crippen LogP contribution in [0.15, 0.2) is 18.3 Å². The number of rotatable bonds is 6. The Labute approximate surface area is 158 Å². The van der Waals surface area contributed by atoms with Crippen LogP contribution in [0.4, 0.5) is 10.6 Å². The quantitative estimate of drug-likeness (QED) is 0.661. The number of carbonyl (C=O) groups is 3. The summed E-state index contributed by atoms with van der Waals surface area (Å²) in [5.41, 5.74) is 0.859. The fraction of sp³-hybridized carbons (Fsp3) is 0.556. The van der Waals surface area contributed by atoms with Crippen LogP contribution in [-0.4, -0.2) is 69.8 Å². The summed E-state index contributed by atoms with van der Waals surface area (Å²) in [6.07, 6.45) is 0.830. The molecule has 0 aromatic carbocycles. The second-order valence-electron chi connectivity index (χ2n) is 7.03. The van der Waals surface area contributed by atoms with Gasteiger partial charge in [0, 0.05) is 13.2 Å². The first-order valence-corrected chi connectivity index (χ1v) is 8.83. The number of aliphatic hydroxyl groups excluding tert-OH is 1. The number of likely N-dealkylation sites (N-methyl/N-ethyl adjacent to an activating group) is 1. The van der Waals surface area contributed by atoms with Crippen molar-refractivity contribution in [1.29, 1.82) is 0 Å². The second kappa shape index (κ2) is 8.34. The van der Waals surface area contributed by atoms with Crippen LogP contribution >= 0.6 is 0 Å². The molecule has 0 bridgehead atoms. The van der Waals surface area contributed by atoms with Gasteiger partial charge in [0.15, 0.2) is 0 Å². The molecule has 3 atom stereocenters. The number of aromatic nitrogens is 1. The first-order valence-electron chi connectivity index (χ1n) is 8.83. The molecule has 1 aliphatic heterocycles. The highest BCUT2D eigenvalue weighted by Crippen LogP contribution is 2.30. The fourth-order valence-electron chi connectivity index (χ4n) is 3.03. The Morgan fingerprint density at radius 1 is 1.37 bits per heavy atom. The van der Waals surface area contributed by atoms with E-state index in [4.69, 9.17) is 5.11 Å². The summed E-state index contributed by atoms with van der Waals surface area (Å²) in [5, 5.41) is 21.4. The van der Waals surface area contributed by atoms with Gasteiger partial charge in [0.05, 0.1) is 12.6 Å². The van der Waals surface area contributed by atoms with Crippen molar-refractivity contribution in [2.24, 2.45) is 5.92 Å². The normalized spacial score (nSPS) is 18.0. The van der Waals surface area contributed by atoms with Gasteiger partial charge >= 0.3 is 6.09 Å². The molecule has 2 rings (SSSR count). The average Bonchev–Trinajstić information content (AvgIpc) is 3.02. The maximum Gasteiger partial charge on any atom is 0.407 e. The first kappa shape index (κ1) is 20.6. The SMILES string of the molecule is CC(C)[C@H](NC(=O)[C@H](C)N(C)C(=O)O)C(=O)N1c2ncccc2CC1CO. The highest BCUT2D eigenvalue weighted by atomic mass is 16.4. The van der Waals surface area contributed by atoms with Crippen LogP contribution in [0.3, 0.4) is 0 Å². The summed E-state index contributed by atoms with van der Waals surface area (Å²) in [4.78, 5) is 43.3. The van der Waals surface area contributed by atoms with Gasteiger partial charge < -0.3 is 15.5 Å². The number of fused-ring (bicyclic) bond motifs is 1. The zero-order valence-corrected chi connectivity index (χ0v) is 15.9. The Morgan fingerprint density at radius 3 is 2.59 bits per heavy atom. The highest BCUT2D eigenvalue weighted by molar-refractivity contribution is 6.01. The number of nitrogens with one attached hydrogen (secondary N) is 1. The van der Waals surface area contributed by atoms with Crippen LogP contribution in [0.1, 0.15) is 26.3 Å². The first-order chi connectivity index (χ1) is 12.7. The van der Waals surface area contributed by atoms with Crippen LogP contribution < -0.4 is 10.2 Å². The molecule has 0 saturated heterocycles. The number of aliphatic hydroxyl groups is 1. The van der Waals surface area contributed by atoms with Crippen LogP contribution in [0, 0.1) is 5.92 Å². The minimum Gasteiger partial charge on any atom is -0.465 e. The molecule has 1 aromatic heterocycles. The van der Waals surface area contributed by atoms with Crippen molar-refractivity contribution < 1.29 is 24.6 Å². The molecule has 148 valence electrons. The Hall–Kier alpha value is -2.68. The molecule has 9 heteroatoms. The topological polar surface area (TPSA) is 123 Å². The van der Waals surface area contributed by atoms with E-state index in [2.05, 4.69) is 10.3 Å². The van der Waals surface area contributed by atoms with E-state index in [-0.39, 0.29) is 18.4 Å². The summed E-state index contributed by atoms with van der Waals surface area (Å²) >= 11 is 0. The Morgan fingerprint density at radius 2 is 2.04 bits per heavy atom. The molecule has 0 spiro atoms. The Bertz CT molecular complexity index is 723. The molecule has 1 aliphatic rings. The summed E-state index contributed by atoms with van der Waals surface area (Å²) in [6, 6.07) is 1.36. The van der Waals surface area contributed by atoms with Crippen molar-refractivity contribution in [3.63, 3.8) is 0 Å². The average molecular weight is 378 g/mol. The Kier molecular flexibility index (Phi) is 6.37. The van der Waals surface area contributed by atoms with Crippen molar-refractivity contribution in [2.75, 3.05) is 18.6 Å². The van der Waals surface area contributed by atoms with Crippen LogP contribution in [-0.2, 0) is 16.0 Å². The largest absolute Gasteiger partial charge is 0.465 e. The van der Waals surface area contributed by atoms with Crippen molar-refractivity contribution in [3.8, 4) is 0 Å². The van der Waals surface area contributed by atoms with Gasteiger partial charge in [-0.2, -0.15) is 0 Å². The van der Waals surface area contributed by atoms with E-state index in [0.29, 0.717) is 12.2 Å². The van der Waals surface area contributed by atoms with Gasteiger partial charge in [-0.05, 0) is 30.9 Å². The molecule has 3 amide bonds. The van der Waals surface area contributed by atoms with E-state index in [0.717, 1.165) is 10.5 Å². The Balaban J connectivity index is 2.24. The molecular weight excluding hydrogens is 352 g/mol. The van der Waals surface area contributed by atoms with Gasteiger partial charge in [0.2, 0.25) is 5.91 Å². The summed E-state index contributed by atoms with van der Waals surface area (Å²) < 4.78 is 0. The molecule has 0 aliphatic carbocycles. The molecular formula is C18H26N4O5. The summed E-state index contributed by atoms with van der Waals surface area (Å²) in [6.45, 7) is 4.81. The fourth-order valence-corrected chi connectivity index (χ4v) is 3.03. The van der Waals surface area contributed by atoms with Crippen LogP contribution in [0.5, 0.6) is 0 Å². The van der Waals surface area contributed by atoms with E-state index in [1.165, 1.54) is 18.9 Å². The maximum atomic E-state index is 13.2. The predicted molar refractivity (Wildman–Crippen MR) is 98.3 cm³/mol. The number of hydrogen-bond acceptors (Lipinski definition) is 5. The van der Waals surface area contributed by atoms with Crippen molar-refractivity contribution in [3.05, 3.63) is 23.9 Å². The number of pyridine rings is 1. The zero-order chi connectivity index (χ0) is 20.3. The van der Waals surface area contributed by atoms with Gasteiger partial charge in [0.1, 0.15) is 17.9 Å². The smallest absolute Gasteiger partial charge is 0.407 e. The highest BCUT2D eigenvalue weighted by Gasteiger charge is 2.39. The lowest BCUT2D eigenvalue weighted by Crippen LogP contribution is -2.57. The molecule has 0 fully saturated rings. The zero-order valence-electron chi connectivity index (χ0n) is 15.9. The number of nitrogens with zero attached hydrogens (tertiary/aromatic N) is 3. The third-order valence-electron chi connectivity index (χ3n) is 4.86. The standard InChI is InChI=1S/C18H26N4O5/c1-10(2)14(20-16(24)11(3)21(4)18(26)27)17(25)22-13(9-23)8-12-6-5-7-19-15(12)22/h5-7,10-11,13-14,23H,8-9H2,1-4H3,(H,20,24)(H,26,27)/t11-,13?,14-/m0/s1. The maximum absolute atomic E-state index is 13.2. The van der Waals surface area contributed by atoms with Crippen molar-refractivity contribution >= 4 is 23.7 Å². The number of amides is 3. The lowest BCUT2D eigenvalue weighted by Gasteiger charge is -2.31. The molecule has 0 saturated carbocycles. The summed E-state index contributed by atoms with van der Waals surface area (Å²) in [7, 11) is 1.29. The summed E-state index contributed by atoms with van der Waals surface area (Å²) in [5.74, 6) is -0.694. The van der Waals surface area contributed by atoms with Gasteiger partial charge in [-0.15, -0.1) is 0 Å². The third kappa shape index (κ3) is 4.19. The van der Waals surface area contributed by atoms with E-state index >= 15 is 0 Å². The number of carboxylic acid groups (broad SMARTS) is 1. The molecule has 1 unspecified atom stereocenters.